The van der Waals surface area contributed by atoms with Gasteiger partial charge in [0.25, 0.3) is 0 Å². The Kier molecular flexibility index (Phi) is 8.99. The fraction of sp³-hybridized carbons (Fsp3) is 0.364. The number of carbonyl (C=O) groups is 3. The molecule has 0 aromatic heterocycles. The molecule has 0 heterocycles. The second-order valence-corrected chi connectivity index (χ2v) is 11.2. The molecule has 3 unspecified atom stereocenters. The van der Waals surface area contributed by atoms with Crippen molar-refractivity contribution >= 4 is 18.0 Å². The molecule has 3 aromatic carbocycles. The normalized spacial score (nSPS) is 18.4. The molecule has 1 saturated carbocycles. The number of ether oxygens (including phenoxy) is 1. The van der Waals surface area contributed by atoms with Gasteiger partial charge in [-0.05, 0) is 60.0 Å². The number of hydrogen-bond donors (Lipinski definition) is 3. The fourth-order valence-electron chi connectivity index (χ4n) is 6.19. The van der Waals surface area contributed by atoms with Crippen molar-refractivity contribution in [3.63, 3.8) is 0 Å². The van der Waals surface area contributed by atoms with E-state index in [0.29, 0.717) is 13.0 Å². The van der Waals surface area contributed by atoms with Crippen LogP contribution in [-0.2, 0) is 20.9 Å². The fourth-order valence-corrected chi connectivity index (χ4v) is 6.19. The average Bonchev–Trinajstić information content (AvgIpc) is 3.53. The van der Waals surface area contributed by atoms with Gasteiger partial charge in [-0.15, -0.1) is 0 Å². The van der Waals surface area contributed by atoms with Crippen LogP contribution in [0.25, 0.3) is 11.1 Å². The van der Waals surface area contributed by atoms with Gasteiger partial charge in [0.2, 0.25) is 5.91 Å². The lowest BCUT2D eigenvalue weighted by Crippen LogP contribution is -2.53. The van der Waals surface area contributed by atoms with E-state index in [9.17, 15) is 14.4 Å². The highest BCUT2D eigenvalue weighted by atomic mass is 16.5. The Balaban J connectivity index is 1.23. The Morgan fingerprint density at radius 1 is 0.927 bits per heavy atom. The maximum absolute atomic E-state index is 13.4. The summed E-state index contributed by atoms with van der Waals surface area (Å²) in [6.07, 6.45) is 1.57. The molecule has 214 valence electrons. The number of fused-ring (bicyclic) bond motifs is 3. The van der Waals surface area contributed by atoms with Crippen LogP contribution in [0.5, 0.6) is 0 Å². The first kappa shape index (κ1) is 28.4. The molecule has 0 bridgehead atoms. The predicted octanol–water partition coefficient (Wildman–Crippen LogP) is 4.79. The number of amides is 2. The lowest BCUT2D eigenvalue weighted by molar-refractivity contribution is -0.138. The first-order chi connectivity index (χ1) is 19.9. The van der Waals surface area contributed by atoms with Gasteiger partial charge >= 0.3 is 12.1 Å². The average molecular weight is 556 g/mol. The molecule has 8 nitrogen and oxygen atoms in total. The minimum atomic E-state index is -0.835. The number of hydrogen-bond acceptors (Lipinski definition) is 5. The molecule has 2 aliphatic carbocycles. The van der Waals surface area contributed by atoms with Crippen LogP contribution in [0.3, 0.4) is 0 Å². The summed E-state index contributed by atoms with van der Waals surface area (Å²) >= 11 is 0. The number of likely N-dealkylation sites (N-methyl/N-ethyl adjacent to an activating group) is 1. The summed E-state index contributed by atoms with van der Waals surface area (Å²) in [6.45, 7) is 1.06. The molecule has 0 radical (unpaired) electrons. The first-order valence-electron chi connectivity index (χ1n) is 14.2. The third-order valence-corrected chi connectivity index (χ3v) is 8.09. The van der Waals surface area contributed by atoms with Gasteiger partial charge in [0.1, 0.15) is 12.6 Å². The number of carbonyl (C=O) groups excluding carboxylic acids is 2. The van der Waals surface area contributed by atoms with Crippen LogP contribution in [0.4, 0.5) is 4.79 Å². The monoisotopic (exact) mass is 555 g/mol. The number of alkyl carbamates (subject to hydrolysis) is 1. The second kappa shape index (κ2) is 13.0. The van der Waals surface area contributed by atoms with Crippen molar-refractivity contribution in [2.75, 3.05) is 20.2 Å². The third kappa shape index (κ3) is 7.13. The highest BCUT2D eigenvalue weighted by Crippen LogP contribution is 2.44. The maximum Gasteiger partial charge on any atom is 0.407 e. The van der Waals surface area contributed by atoms with Gasteiger partial charge in [-0.1, -0.05) is 78.9 Å². The predicted molar refractivity (Wildman–Crippen MR) is 156 cm³/mol. The molecule has 2 amide bonds. The lowest BCUT2D eigenvalue weighted by atomic mass is 9.98. The molecule has 3 atom stereocenters. The van der Waals surface area contributed by atoms with E-state index in [2.05, 4.69) is 34.9 Å². The SMILES string of the molecule is CN(Cc1ccccc1)CC(NC(=O)OCC1c2ccccc2-c2ccccc21)C(=O)NC1CCC(CC(=O)O)C1. The Bertz CT molecular complexity index is 1330. The molecular formula is C33H37N3O5. The Morgan fingerprint density at radius 2 is 1.56 bits per heavy atom. The van der Waals surface area contributed by atoms with E-state index < -0.39 is 18.1 Å². The van der Waals surface area contributed by atoms with Crippen molar-refractivity contribution in [1.29, 1.82) is 0 Å². The minimum absolute atomic E-state index is 0.0482. The number of aliphatic carboxylic acids is 1. The van der Waals surface area contributed by atoms with Crippen molar-refractivity contribution in [1.82, 2.24) is 15.5 Å². The Hall–Kier alpha value is -4.17. The van der Waals surface area contributed by atoms with E-state index in [4.69, 9.17) is 9.84 Å². The number of benzene rings is 3. The molecule has 0 saturated heterocycles. The molecule has 1 fully saturated rings. The first-order valence-corrected chi connectivity index (χ1v) is 14.2. The van der Waals surface area contributed by atoms with Gasteiger partial charge in [0, 0.05) is 31.5 Å². The number of rotatable bonds is 11. The lowest BCUT2D eigenvalue weighted by Gasteiger charge is -2.26. The van der Waals surface area contributed by atoms with E-state index in [1.54, 1.807) is 0 Å². The van der Waals surface area contributed by atoms with Gasteiger partial charge in [-0.25, -0.2) is 4.79 Å². The Labute approximate surface area is 240 Å². The topological polar surface area (TPSA) is 108 Å². The van der Waals surface area contributed by atoms with Crippen molar-refractivity contribution in [3.8, 4) is 11.1 Å². The van der Waals surface area contributed by atoms with Crippen molar-refractivity contribution in [3.05, 3.63) is 95.6 Å². The largest absolute Gasteiger partial charge is 0.481 e. The van der Waals surface area contributed by atoms with Gasteiger partial charge in [-0.3, -0.25) is 14.5 Å². The van der Waals surface area contributed by atoms with Gasteiger partial charge in [0.15, 0.2) is 0 Å². The van der Waals surface area contributed by atoms with Crippen LogP contribution < -0.4 is 10.6 Å². The zero-order valence-corrected chi connectivity index (χ0v) is 23.3. The second-order valence-electron chi connectivity index (χ2n) is 11.2. The smallest absolute Gasteiger partial charge is 0.407 e. The van der Waals surface area contributed by atoms with Crippen LogP contribution in [0, 0.1) is 5.92 Å². The zero-order chi connectivity index (χ0) is 28.8. The molecule has 0 aliphatic heterocycles. The van der Waals surface area contributed by atoms with Crippen LogP contribution in [0.2, 0.25) is 0 Å². The van der Waals surface area contributed by atoms with Crippen LogP contribution in [0.15, 0.2) is 78.9 Å². The summed E-state index contributed by atoms with van der Waals surface area (Å²) in [4.78, 5) is 39.6. The zero-order valence-electron chi connectivity index (χ0n) is 23.3. The number of nitrogens with one attached hydrogen (secondary N) is 2. The summed E-state index contributed by atoms with van der Waals surface area (Å²) in [5, 5.41) is 15.0. The number of nitrogens with zero attached hydrogens (tertiary/aromatic N) is 1. The molecule has 3 N–H and O–H groups in total. The summed E-state index contributed by atoms with van der Waals surface area (Å²) in [5.41, 5.74) is 5.64. The molecule has 8 heteroatoms. The highest BCUT2D eigenvalue weighted by molar-refractivity contribution is 5.86. The van der Waals surface area contributed by atoms with Crippen molar-refractivity contribution < 1.29 is 24.2 Å². The summed E-state index contributed by atoms with van der Waals surface area (Å²) < 4.78 is 5.74. The van der Waals surface area contributed by atoms with Gasteiger partial charge < -0.3 is 20.5 Å². The van der Waals surface area contributed by atoms with Crippen LogP contribution >= 0.6 is 0 Å². The van der Waals surface area contributed by atoms with E-state index in [1.165, 1.54) is 0 Å². The molecular weight excluding hydrogens is 518 g/mol. The highest BCUT2D eigenvalue weighted by Gasteiger charge is 2.32. The van der Waals surface area contributed by atoms with Crippen LogP contribution in [0.1, 0.15) is 48.3 Å². The van der Waals surface area contributed by atoms with E-state index in [0.717, 1.165) is 40.7 Å². The molecule has 0 spiro atoms. The van der Waals surface area contributed by atoms with E-state index >= 15 is 0 Å². The van der Waals surface area contributed by atoms with E-state index in [1.807, 2.05) is 66.5 Å². The molecule has 5 rings (SSSR count). The van der Waals surface area contributed by atoms with E-state index in [-0.39, 0.29) is 43.4 Å². The molecule has 41 heavy (non-hydrogen) atoms. The maximum atomic E-state index is 13.4. The molecule has 3 aromatic rings. The summed E-state index contributed by atoms with van der Waals surface area (Å²) in [7, 11) is 1.91. The molecule has 2 aliphatic rings. The van der Waals surface area contributed by atoms with Crippen molar-refractivity contribution in [2.45, 2.75) is 50.2 Å². The standard InChI is InChI=1S/C33H37N3O5/c1-36(19-22-9-3-2-4-10-22)20-30(32(39)34-24-16-15-23(17-24)18-31(37)38)35-33(40)41-21-29-27-13-7-5-11-25(27)26-12-6-8-14-28(26)29/h2-14,23-24,29-30H,15-21H2,1H3,(H,34,39)(H,35,40)(H,37,38). The van der Waals surface area contributed by atoms with Gasteiger partial charge in [-0.2, -0.15) is 0 Å². The number of carboxylic acids is 1. The number of carboxylic acid groups (broad SMARTS) is 1. The summed E-state index contributed by atoms with van der Waals surface area (Å²) in [6, 6.07) is 25.3. The third-order valence-electron chi connectivity index (χ3n) is 8.09. The van der Waals surface area contributed by atoms with Gasteiger partial charge in [0.05, 0.1) is 0 Å². The quantitative estimate of drug-likeness (QED) is 0.314. The Morgan fingerprint density at radius 3 is 2.22 bits per heavy atom. The van der Waals surface area contributed by atoms with Crippen molar-refractivity contribution in [2.24, 2.45) is 5.92 Å². The summed E-state index contributed by atoms with van der Waals surface area (Å²) in [5.74, 6) is -1.14. The van der Waals surface area contributed by atoms with Crippen LogP contribution in [-0.4, -0.2) is 60.3 Å². The minimum Gasteiger partial charge on any atom is -0.481 e.